The van der Waals surface area contributed by atoms with Gasteiger partial charge in [-0.15, -0.1) is 0 Å². The molecule has 0 saturated heterocycles. The number of rotatable bonds is 67. The molecule has 0 aromatic rings. The SMILES string of the molecule is CCCCCCCCCCCCCCCCC(O)C(CO)NC(=O)CCCCCCCCCCCCCCCCCCCCCCCCCCCCCCCCCCCOC(=O)CCCCCCCCCCCCCC. The Bertz CT molecular complexity index is 1100. The highest BCUT2D eigenvalue weighted by atomic mass is 16.5. The van der Waals surface area contributed by atoms with Gasteiger partial charge in [0.05, 0.1) is 25.4 Å². The number of aliphatic hydroxyl groups excluding tert-OH is 2. The van der Waals surface area contributed by atoms with Gasteiger partial charge in [-0.05, 0) is 25.7 Å². The maximum absolute atomic E-state index is 12.5. The maximum Gasteiger partial charge on any atom is 0.305 e. The molecule has 76 heavy (non-hydrogen) atoms. The molecule has 0 aliphatic carbocycles. The van der Waals surface area contributed by atoms with E-state index in [1.807, 2.05) is 0 Å². The number of amides is 1. The average Bonchev–Trinajstić information content (AvgIpc) is 3.42. The van der Waals surface area contributed by atoms with Gasteiger partial charge in [0.15, 0.2) is 0 Å². The van der Waals surface area contributed by atoms with Crippen molar-refractivity contribution in [3.8, 4) is 0 Å². The highest BCUT2D eigenvalue weighted by Gasteiger charge is 2.20. The minimum atomic E-state index is -0.659. The quantitative estimate of drug-likeness (QED) is 0.0417. The van der Waals surface area contributed by atoms with Gasteiger partial charge in [-0.25, -0.2) is 0 Å². The molecule has 0 aromatic carbocycles. The second kappa shape index (κ2) is 66.4. The van der Waals surface area contributed by atoms with Crippen molar-refractivity contribution in [1.82, 2.24) is 5.32 Å². The zero-order chi connectivity index (χ0) is 55.0. The molecule has 0 rings (SSSR count). The van der Waals surface area contributed by atoms with E-state index in [1.54, 1.807) is 0 Å². The monoisotopic (exact) mass is 1070 g/mol. The summed E-state index contributed by atoms with van der Waals surface area (Å²) in [5, 5.41) is 23.3. The minimum absolute atomic E-state index is 0.0234. The van der Waals surface area contributed by atoms with Crippen LogP contribution in [0.3, 0.4) is 0 Å². The molecule has 0 fully saturated rings. The normalized spacial score (nSPS) is 12.4. The van der Waals surface area contributed by atoms with Gasteiger partial charge in [0, 0.05) is 12.8 Å². The van der Waals surface area contributed by atoms with Crippen LogP contribution < -0.4 is 5.32 Å². The number of esters is 1. The number of carbonyl (C=O) groups excluding carboxylic acids is 2. The summed E-state index contributed by atoms with van der Waals surface area (Å²) in [7, 11) is 0. The lowest BCUT2D eigenvalue weighted by atomic mass is 10.0. The van der Waals surface area contributed by atoms with Crippen LogP contribution in [-0.2, 0) is 14.3 Å². The number of nitrogens with one attached hydrogen (secondary N) is 1. The number of carbonyl (C=O) groups is 2. The van der Waals surface area contributed by atoms with Crippen LogP contribution in [0.15, 0.2) is 0 Å². The predicted molar refractivity (Wildman–Crippen MR) is 334 cm³/mol. The van der Waals surface area contributed by atoms with E-state index in [-0.39, 0.29) is 18.5 Å². The van der Waals surface area contributed by atoms with E-state index in [9.17, 15) is 19.8 Å². The predicted octanol–water partition coefficient (Wildman–Crippen LogP) is 22.6. The van der Waals surface area contributed by atoms with Crippen molar-refractivity contribution < 1.29 is 24.5 Å². The van der Waals surface area contributed by atoms with Gasteiger partial charge in [0.1, 0.15) is 0 Å². The minimum Gasteiger partial charge on any atom is -0.466 e. The fraction of sp³-hybridized carbons (Fsp3) is 0.971. The molecule has 454 valence electrons. The second-order valence-corrected chi connectivity index (χ2v) is 24.6. The van der Waals surface area contributed by atoms with Crippen LogP contribution in [0.4, 0.5) is 0 Å². The van der Waals surface area contributed by atoms with Crippen molar-refractivity contribution >= 4 is 11.9 Å². The van der Waals surface area contributed by atoms with E-state index in [2.05, 4.69) is 19.2 Å². The highest BCUT2D eigenvalue weighted by molar-refractivity contribution is 5.76. The van der Waals surface area contributed by atoms with E-state index >= 15 is 0 Å². The summed E-state index contributed by atoms with van der Waals surface area (Å²) < 4.78 is 5.49. The molecule has 0 aliphatic rings. The number of hydrogen-bond donors (Lipinski definition) is 3. The van der Waals surface area contributed by atoms with E-state index in [4.69, 9.17) is 4.74 Å². The first-order chi connectivity index (χ1) is 37.5. The summed E-state index contributed by atoms with van der Waals surface area (Å²) in [5.74, 6) is -0.00343. The third kappa shape index (κ3) is 62.1. The molecule has 0 bridgehead atoms. The molecule has 2 atom stereocenters. The van der Waals surface area contributed by atoms with E-state index in [0.29, 0.717) is 25.9 Å². The Morgan fingerprint density at radius 1 is 0.316 bits per heavy atom. The summed E-state index contributed by atoms with van der Waals surface area (Å²) >= 11 is 0. The Labute approximate surface area is 476 Å². The number of hydrogen-bond acceptors (Lipinski definition) is 5. The molecule has 1 amide bonds. The second-order valence-electron chi connectivity index (χ2n) is 24.6. The smallest absolute Gasteiger partial charge is 0.305 e. The van der Waals surface area contributed by atoms with Crippen LogP contribution in [0.25, 0.3) is 0 Å². The van der Waals surface area contributed by atoms with Crippen molar-refractivity contribution in [3.63, 3.8) is 0 Å². The standard InChI is InChI=1S/C70H139NO5/c1-3-5-7-9-11-13-15-17-39-42-46-50-54-58-62-68(73)67(66-72)71-69(74)63-59-55-51-47-43-40-37-35-33-31-29-27-25-23-21-19-18-20-22-24-26-28-30-32-34-36-38-41-45-49-53-57-61-65-76-70(75)64-60-56-52-48-44-16-14-12-10-8-6-4-2/h67-68,72-73H,3-66H2,1-2H3,(H,71,74). The van der Waals surface area contributed by atoms with E-state index in [0.717, 1.165) is 38.5 Å². The Kier molecular flexibility index (Phi) is 65.4. The molecule has 0 saturated carbocycles. The van der Waals surface area contributed by atoms with Crippen molar-refractivity contribution in [1.29, 1.82) is 0 Å². The molecular weight excluding hydrogens is 935 g/mol. The summed E-state index contributed by atoms with van der Waals surface area (Å²) in [4.78, 5) is 24.5. The van der Waals surface area contributed by atoms with Crippen molar-refractivity contribution in [2.24, 2.45) is 0 Å². The molecule has 3 N–H and O–H groups in total. The van der Waals surface area contributed by atoms with Crippen LogP contribution in [0.1, 0.15) is 412 Å². The maximum atomic E-state index is 12.5. The third-order valence-electron chi connectivity index (χ3n) is 16.9. The average molecular weight is 1070 g/mol. The zero-order valence-corrected chi connectivity index (χ0v) is 52.0. The summed E-state index contributed by atoms with van der Waals surface area (Å²) in [6, 6.07) is -0.536. The topological polar surface area (TPSA) is 95.9 Å². The third-order valence-corrected chi connectivity index (χ3v) is 16.9. The first-order valence-electron chi connectivity index (χ1n) is 35.3. The fourth-order valence-corrected chi connectivity index (χ4v) is 11.5. The molecule has 0 aliphatic heterocycles. The molecule has 6 nitrogen and oxygen atoms in total. The molecule has 0 aromatic heterocycles. The van der Waals surface area contributed by atoms with Crippen LogP contribution in [0.5, 0.6) is 0 Å². The first kappa shape index (κ1) is 74.9. The Morgan fingerprint density at radius 2 is 0.539 bits per heavy atom. The van der Waals surface area contributed by atoms with E-state index in [1.165, 1.54) is 340 Å². The van der Waals surface area contributed by atoms with Gasteiger partial charge >= 0.3 is 5.97 Å². The molecule has 6 heteroatoms. The van der Waals surface area contributed by atoms with Crippen LogP contribution in [0, 0.1) is 0 Å². The molecular formula is C70H139NO5. The van der Waals surface area contributed by atoms with Crippen molar-refractivity contribution in [3.05, 3.63) is 0 Å². The van der Waals surface area contributed by atoms with Crippen molar-refractivity contribution in [2.75, 3.05) is 13.2 Å². The lowest BCUT2D eigenvalue weighted by Gasteiger charge is -2.22. The van der Waals surface area contributed by atoms with Gasteiger partial charge in [-0.3, -0.25) is 9.59 Å². The lowest BCUT2D eigenvalue weighted by Crippen LogP contribution is -2.45. The van der Waals surface area contributed by atoms with Crippen LogP contribution in [0.2, 0.25) is 0 Å². The highest BCUT2D eigenvalue weighted by Crippen LogP contribution is 2.20. The Morgan fingerprint density at radius 3 is 0.803 bits per heavy atom. The van der Waals surface area contributed by atoms with Crippen LogP contribution >= 0.6 is 0 Å². The number of ether oxygens (including phenoxy) is 1. The summed E-state index contributed by atoms with van der Waals surface area (Å²) in [5.41, 5.74) is 0. The molecule has 0 radical (unpaired) electrons. The van der Waals surface area contributed by atoms with Gasteiger partial charge < -0.3 is 20.3 Å². The van der Waals surface area contributed by atoms with Gasteiger partial charge in [-0.1, -0.05) is 373 Å². The van der Waals surface area contributed by atoms with Gasteiger partial charge in [0.25, 0.3) is 0 Å². The summed E-state index contributed by atoms with van der Waals surface area (Å²) in [6.07, 6.45) is 80.2. The zero-order valence-electron chi connectivity index (χ0n) is 52.0. The van der Waals surface area contributed by atoms with Gasteiger partial charge in [-0.2, -0.15) is 0 Å². The molecule has 2 unspecified atom stereocenters. The fourth-order valence-electron chi connectivity index (χ4n) is 11.5. The summed E-state index contributed by atoms with van der Waals surface area (Å²) in [6.45, 7) is 4.99. The molecule has 0 spiro atoms. The largest absolute Gasteiger partial charge is 0.466 e. The van der Waals surface area contributed by atoms with Crippen LogP contribution in [-0.4, -0.2) is 47.4 Å². The molecule has 0 heterocycles. The van der Waals surface area contributed by atoms with E-state index < -0.39 is 12.1 Å². The number of unbranched alkanes of at least 4 members (excludes halogenated alkanes) is 56. The lowest BCUT2D eigenvalue weighted by molar-refractivity contribution is -0.143. The Balaban J connectivity index is 3.29. The first-order valence-corrected chi connectivity index (χ1v) is 35.3. The van der Waals surface area contributed by atoms with Crippen molar-refractivity contribution in [2.45, 2.75) is 424 Å². The number of aliphatic hydroxyl groups is 2. The van der Waals surface area contributed by atoms with Gasteiger partial charge in [0.2, 0.25) is 5.91 Å². The Hall–Kier alpha value is -1.14.